The van der Waals surface area contributed by atoms with Gasteiger partial charge in [0, 0.05) is 22.4 Å². The van der Waals surface area contributed by atoms with Crippen LogP contribution in [0.4, 0.5) is 0 Å². The summed E-state index contributed by atoms with van der Waals surface area (Å²) in [6, 6.07) is 4.95. The molecule has 1 saturated carbocycles. The lowest BCUT2D eigenvalue weighted by atomic mass is 9.90. The van der Waals surface area contributed by atoms with Gasteiger partial charge in [-0.05, 0) is 66.2 Å². The first kappa shape index (κ1) is 15.0. The van der Waals surface area contributed by atoms with E-state index < -0.39 is 0 Å². The molecule has 0 spiro atoms. The van der Waals surface area contributed by atoms with Crippen LogP contribution in [0, 0.1) is 5.92 Å². The summed E-state index contributed by atoms with van der Waals surface area (Å²) in [6.07, 6.45) is 11.1. The molecule has 1 aromatic heterocycles. The van der Waals surface area contributed by atoms with Gasteiger partial charge in [0.15, 0.2) is 0 Å². The Bertz CT molecular complexity index is 364. The molecule has 2 unspecified atom stereocenters. The zero-order valence-electron chi connectivity index (χ0n) is 11.9. The van der Waals surface area contributed by atoms with Crippen LogP contribution in [0.5, 0.6) is 0 Å². The number of rotatable bonds is 5. The Hall–Kier alpha value is -0.410. The van der Waals surface area contributed by atoms with Gasteiger partial charge in [0.05, 0.1) is 0 Å². The van der Waals surface area contributed by atoms with Crippen LogP contribution in [-0.4, -0.2) is 17.6 Å². The highest BCUT2D eigenvalue weighted by Crippen LogP contribution is 2.26. The first-order valence-electron chi connectivity index (χ1n) is 7.63. The van der Waals surface area contributed by atoms with Gasteiger partial charge in [0.2, 0.25) is 0 Å². The highest BCUT2D eigenvalue weighted by molar-refractivity contribution is 9.10. The average molecular weight is 325 g/mol. The highest BCUT2D eigenvalue weighted by Gasteiger charge is 2.23. The molecule has 0 bridgehead atoms. The van der Waals surface area contributed by atoms with Gasteiger partial charge in [-0.3, -0.25) is 4.98 Å². The predicted octanol–water partition coefficient (Wildman–Crippen LogP) is 4.34. The summed E-state index contributed by atoms with van der Waals surface area (Å²) in [7, 11) is 0. The van der Waals surface area contributed by atoms with Crippen LogP contribution in [-0.2, 0) is 6.42 Å². The fraction of sp³-hybridized carbons (Fsp3) is 0.688. The number of pyridine rings is 1. The van der Waals surface area contributed by atoms with Crippen LogP contribution in [0.15, 0.2) is 22.8 Å². The molecule has 2 rings (SSSR count). The van der Waals surface area contributed by atoms with Crippen molar-refractivity contribution in [2.75, 3.05) is 6.54 Å². The number of nitrogens with one attached hydrogen (secondary N) is 1. The zero-order valence-corrected chi connectivity index (χ0v) is 13.5. The molecule has 1 aliphatic carbocycles. The van der Waals surface area contributed by atoms with Gasteiger partial charge in [-0.25, -0.2) is 0 Å². The second-order valence-electron chi connectivity index (χ2n) is 5.63. The van der Waals surface area contributed by atoms with E-state index in [1.807, 2.05) is 6.20 Å². The van der Waals surface area contributed by atoms with Crippen LogP contribution >= 0.6 is 15.9 Å². The topological polar surface area (TPSA) is 24.9 Å². The third-order valence-corrected chi connectivity index (χ3v) is 4.54. The summed E-state index contributed by atoms with van der Waals surface area (Å²) in [5.74, 6) is 0.753. The molecular weight excluding hydrogens is 300 g/mol. The minimum Gasteiger partial charge on any atom is -0.314 e. The molecule has 1 fully saturated rings. The lowest BCUT2D eigenvalue weighted by Gasteiger charge is -2.26. The number of hydrogen-bond donors (Lipinski definition) is 1. The Kier molecular flexibility index (Phi) is 6.32. The number of aromatic nitrogens is 1. The first-order valence-corrected chi connectivity index (χ1v) is 8.42. The summed E-state index contributed by atoms with van der Waals surface area (Å²) in [5, 5.41) is 3.76. The average Bonchev–Trinajstić information content (AvgIpc) is 2.64. The molecule has 0 saturated heterocycles. The van der Waals surface area contributed by atoms with E-state index in [1.165, 1.54) is 44.2 Å². The quantitative estimate of drug-likeness (QED) is 0.815. The van der Waals surface area contributed by atoms with Crippen molar-refractivity contribution in [3.63, 3.8) is 0 Å². The van der Waals surface area contributed by atoms with Gasteiger partial charge >= 0.3 is 0 Å². The van der Waals surface area contributed by atoms with Crippen molar-refractivity contribution in [2.45, 2.75) is 57.9 Å². The van der Waals surface area contributed by atoms with Crippen molar-refractivity contribution < 1.29 is 0 Å². The minimum absolute atomic E-state index is 0.688. The van der Waals surface area contributed by atoms with Crippen molar-refractivity contribution in [2.24, 2.45) is 5.92 Å². The lowest BCUT2D eigenvalue weighted by molar-refractivity contribution is 0.330. The van der Waals surface area contributed by atoms with Crippen molar-refractivity contribution in [1.82, 2.24) is 10.3 Å². The number of hydrogen-bond acceptors (Lipinski definition) is 2. The van der Waals surface area contributed by atoms with Crippen molar-refractivity contribution in [3.8, 4) is 0 Å². The van der Waals surface area contributed by atoms with E-state index >= 15 is 0 Å². The molecular formula is C16H25BrN2. The zero-order chi connectivity index (χ0) is 13.5. The summed E-state index contributed by atoms with van der Waals surface area (Å²) < 4.78 is 1.07. The maximum Gasteiger partial charge on any atom is 0.0413 e. The van der Waals surface area contributed by atoms with Crippen LogP contribution < -0.4 is 5.32 Å². The Balaban J connectivity index is 1.98. The van der Waals surface area contributed by atoms with Crippen LogP contribution in [0.1, 0.15) is 51.1 Å². The molecule has 106 valence electrons. The molecule has 1 N–H and O–H groups in total. The Morgan fingerprint density at radius 1 is 1.26 bits per heavy atom. The van der Waals surface area contributed by atoms with Gasteiger partial charge in [-0.15, -0.1) is 0 Å². The van der Waals surface area contributed by atoms with Gasteiger partial charge in [0.25, 0.3) is 0 Å². The SMILES string of the molecule is CCCNC1CCCCCC1Cc1ccc(Br)cn1. The highest BCUT2D eigenvalue weighted by atomic mass is 79.9. The van der Waals surface area contributed by atoms with Crippen LogP contribution in [0.25, 0.3) is 0 Å². The molecule has 0 aliphatic heterocycles. The maximum absolute atomic E-state index is 4.54. The molecule has 1 heterocycles. The molecule has 1 aromatic rings. The van der Waals surface area contributed by atoms with Crippen LogP contribution in [0.3, 0.4) is 0 Å². The minimum atomic E-state index is 0.688. The Labute approximate surface area is 125 Å². The molecule has 0 radical (unpaired) electrons. The second-order valence-corrected chi connectivity index (χ2v) is 6.55. The van der Waals surface area contributed by atoms with Gasteiger partial charge in [-0.1, -0.05) is 26.2 Å². The first-order chi connectivity index (χ1) is 9.29. The van der Waals surface area contributed by atoms with E-state index in [9.17, 15) is 0 Å². The lowest BCUT2D eigenvalue weighted by Crippen LogP contribution is -2.37. The maximum atomic E-state index is 4.54. The summed E-state index contributed by atoms with van der Waals surface area (Å²) in [4.78, 5) is 4.54. The summed E-state index contributed by atoms with van der Waals surface area (Å²) in [6.45, 7) is 3.39. The monoisotopic (exact) mass is 324 g/mol. The van der Waals surface area contributed by atoms with E-state index in [4.69, 9.17) is 0 Å². The Morgan fingerprint density at radius 3 is 2.84 bits per heavy atom. The van der Waals surface area contributed by atoms with E-state index in [2.05, 4.69) is 45.3 Å². The molecule has 2 atom stereocenters. The van der Waals surface area contributed by atoms with Crippen LogP contribution in [0.2, 0.25) is 0 Å². The van der Waals surface area contributed by atoms with Crippen molar-refractivity contribution >= 4 is 15.9 Å². The van der Waals surface area contributed by atoms with E-state index in [0.29, 0.717) is 6.04 Å². The van der Waals surface area contributed by atoms with Gasteiger partial charge < -0.3 is 5.32 Å². The molecule has 3 heteroatoms. The Morgan fingerprint density at radius 2 is 2.11 bits per heavy atom. The van der Waals surface area contributed by atoms with Crippen molar-refractivity contribution in [3.05, 3.63) is 28.5 Å². The van der Waals surface area contributed by atoms with E-state index in [1.54, 1.807) is 0 Å². The molecule has 19 heavy (non-hydrogen) atoms. The van der Waals surface area contributed by atoms with E-state index in [0.717, 1.165) is 23.4 Å². The normalized spacial score (nSPS) is 24.1. The number of halogens is 1. The second kappa shape index (κ2) is 8.01. The molecule has 0 amide bonds. The summed E-state index contributed by atoms with van der Waals surface area (Å²) in [5.41, 5.74) is 1.23. The van der Waals surface area contributed by atoms with E-state index in [-0.39, 0.29) is 0 Å². The predicted molar refractivity (Wildman–Crippen MR) is 84.3 cm³/mol. The standard InChI is InChI=1S/C16H25BrN2/c1-2-10-18-16-7-5-3-4-6-13(16)11-15-9-8-14(17)12-19-15/h8-9,12-13,16,18H,2-7,10-11H2,1H3. The molecule has 0 aromatic carbocycles. The summed E-state index contributed by atoms with van der Waals surface area (Å²) >= 11 is 3.45. The molecule has 2 nitrogen and oxygen atoms in total. The smallest absolute Gasteiger partial charge is 0.0413 e. The fourth-order valence-corrected chi connectivity index (χ4v) is 3.26. The largest absolute Gasteiger partial charge is 0.314 e. The third-order valence-electron chi connectivity index (χ3n) is 4.08. The number of nitrogens with zero attached hydrogens (tertiary/aromatic N) is 1. The van der Waals surface area contributed by atoms with Crippen molar-refractivity contribution in [1.29, 1.82) is 0 Å². The molecule has 1 aliphatic rings. The van der Waals surface area contributed by atoms with Gasteiger partial charge in [0.1, 0.15) is 0 Å². The van der Waals surface area contributed by atoms with Gasteiger partial charge in [-0.2, -0.15) is 0 Å². The third kappa shape index (κ3) is 4.88. The fourth-order valence-electron chi connectivity index (χ4n) is 3.02.